The molecule has 28 heavy (non-hydrogen) atoms. The van der Waals surface area contributed by atoms with E-state index in [0.29, 0.717) is 23.6 Å². The Kier molecular flexibility index (Phi) is 5.64. The van der Waals surface area contributed by atoms with Crippen LogP contribution in [0.2, 0.25) is 0 Å². The van der Waals surface area contributed by atoms with E-state index in [9.17, 15) is 0 Å². The van der Waals surface area contributed by atoms with Crippen LogP contribution in [0.25, 0.3) is 0 Å². The molecule has 2 saturated carbocycles. The second-order valence-electron chi connectivity index (χ2n) is 9.21. The molecule has 0 bridgehead atoms. The maximum atomic E-state index is 9.07. The van der Waals surface area contributed by atoms with Crippen molar-refractivity contribution in [2.45, 2.75) is 69.7 Å². The van der Waals surface area contributed by atoms with Crippen LogP contribution in [0.4, 0.5) is 0 Å². The monoisotopic (exact) mass is 383 g/mol. The molecule has 0 radical (unpaired) electrons. The molecule has 1 saturated heterocycles. The van der Waals surface area contributed by atoms with Crippen molar-refractivity contribution in [2.24, 2.45) is 17.1 Å². The van der Waals surface area contributed by atoms with Gasteiger partial charge in [-0.2, -0.15) is 5.26 Å². The Bertz CT molecular complexity index is 716. The minimum atomic E-state index is 0.147. The topological polar surface area (TPSA) is 71.5 Å². The van der Waals surface area contributed by atoms with Crippen LogP contribution in [0.3, 0.4) is 0 Å². The number of nitrogens with zero attached hydrogens (tertiary/aromatic N) is 2. The summed E-state index contributed by atoms with van der Waals surface area (Å²) in [4.78, 5) is 2.59. The van der Waals surface area contributed by atoms with E-state index in [1.807, 2.05) is 31.4 Å². The number of methoxy groups -OCH3 is 1. The highest BCUT2D eigenvalue weighted by atomic mass is 16.5. The zero-order valence-electron chi connectivity index (χ0n) is 17.1. The third-order valence-corrected chi connectivity index (χ3v) is 7.55. The van der Waals surface area contributed by atoms with Crippen LogP contribution in [-0.4, -0.2) is 49.4 Å². The van der Waals surface area contributed by atoms with Crippen LogP contribution < -0.4 is 10.5 Å². The van der Waals surface area contributed by atoms with Gasteiger partial charge in [0, 0.05) is 31.2 Å². The summed E-state index contributed by atoms with van der Waals surface area (Å²) in [5, 5.41) is 9.07. The van der Waals surface area contributed by atoms with E-state index in [2.05, 4.69) is 17.9 Å². The number of benzene rings is 1. The second-order valence-corrected chi connectivity index (χ2v) is 9.21. The first kappa shape index (κ1) is 19.7. The van der Waals surface area contributed by atoms with Gasteiger partial charge >= 0.3 is 0 Å². The maximum Gasteiger partial charge on any atom is 0.120 e. The van der Waals surface area contributed by atoms with Crippen LogP contribution in [0.5, 0.6) is 5.75 Å². The number of ether oxygens (including phenoxy) is 2. The van der Waals surface area contributed by atoms with E-state index >= 15 is 0 Å². The third kappa shape index (κ3) is 3.66. The van der Waals surface area contributed by atoms with E-state index in [1.165, 1.54) is 6.42 Å². The highest BCUT2D eigenvalue weighted by Gasteiger charge is 2.57. The second kappa shape index (κ2) is 8.02. The minimum absolute atomic E-state index is 0.147. The highest BCUT2D eigenvalue weighted by Crippen LogP contribution is 2.55. The molecule has 5 heteroatoms. The zero-order valence-corrected chi connectivity index (χ0v) is 17.1. The number of likely N-dealkylation sites (tertiary alicyclic amines) is 1. The van der Waals surface area contributed by atoms with Gasteiger partial charge in [-0.3, -0.25) is 4.90 Å². The molecule has 4 rings (SSSR count). The van der Waals surface area contributed by atoms with E-state index in [0.717, 1.165) is 50.9 Å². The predicted octanol–water partition coefficient (Wildman–Crippen LogP) is 3.32. The van der Waals surface area contributed by atoms with Crippen LogP contribution in [-0.2, 0) is 4.74 Å². The zero-order chi connectivity index (χ0) is 19.7. The molecule has 5 nitrogen and oxygen atoms in total. The van der Waals surface area contributed by atoms with Crippen molar-refractivity contribution in [1.82, 2.24) is 4.90 Å². The standard InChI is InChI=1S/C23H33N3O2/c1-23-10-9-20(27-2)12-17(23)13-21(26-11-3-4-18(25)15-26)22(23)28-19-7-5-16(14-24)6-8-19/h5-8,17-18,20-22H,3-4,9-13,15,25H2,1-2H3/t17-,18+,20+,21+,22-,23-/m0/s1. The van der Waals surface area contributed by atoms with Crippen molar-refractivity contribution in [1.29, 1.82) is 5.26 Å². The van der Waals surface area contributed by atoms with Gasteiger partial charge in [0.2, 0.25) is 0 Å². The molecular weight excluding hydrogens is 350 g/mol. The number of fused-ring (bicyclic) bond motifs is 1. The van der Waals surface area contributed by atoms with E-state index in [-0.39, 0.29) is 17.6 Å². The Morgan fingerprint density at radius 2 is 2.00 bits per heavy atom. The molecule has 2 aliphatic carbocycles. The molecule has 3 aliphatic rings. The van der Waals surface area contributed by atoms with E-state index < -0.39 is 0 Å². The summed E-state index contributed by atoms with van der Waals surface area (Å²) in [5.41, 5.74) is 7.13. The first-order valence-corrected chi connectivity index (χ1v) is 10.7. The molecule has 0 unspecified atom stereocenters. The minimum Gasteiger partial charge on any atom is -0.488 e. The molecule has 1 heterocycles. The Labute approximate surface area is 168 Å². The van der Waals surface area contributed by atoms with Gasteiger partial charge in [0.1, 0.15) is 11.9 Å². The summed E-state index contributed by atoms with van der Waals surface area (Å²) >= 11 is 0. The van der Waals surface area contributed by atoms with Gasteiger partial charge < -0.3 is 15.2 Å². The van der Waals surface area contributed by atoms with Crippen LogP contribution in [0, 0.1) is 22.7 Å². The molecule has 0 amide bonds. The van der Waals surface area contributed by atoms with Gasteiger partial charge in [-0.25, -0.2) is 0 Å². The fourth-order valence-electron chi connectivity index (χ4n) is 5.84. The van der Waals surface area contributed by atoms with Gasteiger partial charge in [-0.1, -0.05) is 6.92 Å². The fourth-order valence-corrected chi connectivity index (χ4v) is 5.84. The summed E-state index contributed by atoms with van der Waals surface area (Å²) in [7, 11) is 1.84. The number of hydrogen-bond acceptors (Lipinski definition) is 5. The maximum absolute atomic E-state index is 9.07. The first-order valence-electron chi connectivity index (χ1n) is 10.7. The van der Waals surface area contributed by atoms with E-state index in [4.69, 9.17) is 20.5 Å². The molecule has 1 aromatic carbocycles. The van der Waals surface area contributed by atoms with Gasteiger partial charge in [-0.15, -0.1) is 0 Å². The van der Waals surface area contributed by atoms with Crippen LogP contribution in [0.15, 0.2) is 24.3 Å². The molecule has 152 valence electrons. The first-order chi connectivity index (χ1) is 13.5. The summed E-state index contributed by atoms with van der Waals surface area (Å²) in [6.45, 7) is 4.50. The fraction of sp³-hybridized carbons (Fsp3) is 0.696. The molecule has 1 aromatic rings. The molecule has 2 N–H and O–H groups in total. The summed E-state index contributed by atoms with van der Waals surface area (Å²) in [6.07, 6.45) is 7.32. The smallest absolute Gasteiger partial charge is 0.120 e. The van der Waals surface area contributed by atoms with Gasteiger partial charge in [0.25, 0.3) is 0 Å². The number of rotatable bonds is 4. The quantitative estimate of drug-likeness (QED) is 0.863. The van der Waals surface area contributed by atoms with Gasteiger partial charge in [0.05, 0.1) is 17.7 Å². The average Bonchev–Trinajstić information content (AvgIpc) is 3.00. The normalized spacial score (nSPS) is 38.6. The molecule has 3 fully saturated rings. The van der Waals surface area contributed by atoms with Crippen molar-refractivity contribution in [3.05, 3.63) is 29.8 Å². The number of hydrogen-bond donors (Lipinski definition) is 1. The Morgan fingerprint density at radius 3 is 2.68 bits per heavy atom. The van der Waals surface area contributed by atoms with Crippen molar-refractivity contribution < 1.29 is 9.47 Å². The van der Waals surface area contributed by atoms with Crippen LogP contribution >= 0.6 is 0 Å². The molecule has 0 spiro atoms. The average molecular weight is 384 g/mol. The van der Waals surface area contributed by atoms with Crippen LogP contribution in [0.1, 0.15) is 51.0 Å². The lowest BCUT2D eigenvalue weighted by Gasteiger charge is -2.44. The number of nitriles is 1. The largest absolute Gasteiger partial charge is 0.488 e. The summed E-state index contributed by atoms with van der Waals surface area (Å²) in [5.74, 6) is 1.48. The predicted molar refractivity (Wildman–Crippen MR) is 109 cm³/mol. The highest BCUT2D eigenvalue weighted by molar-refractivity contribution is 5.35. The van der Waals surface area contributed by atoms with Crippen molar-refractivity contribution in [2.75, 3.05) is 20.2 Å². The van der Waals surface area contributed by atoms with Gasteiger partial charge in [0.15, 0.2) is 0 Å². The van der Waals surface area contributed by atoms with Gasteiger partial charge in [-0.05, 0) is 75.3 Å². The Balaban J connectivity index is 1.60. The molecule has 1 aliphatic heterocycles. The summed E-state index contributed by atoms with van der Waals surface area (Å²) < 4.78 is 12.4. The molecular formula is C23H33N3O2. The molecule has 6 atom stereocenters. The lowest BCUT2D eigenvalue weighted by molar-refractivity contribution is -0.0427. The molecule has 0 aromatic heterocycles. The third-order valence-electron chi connectivity index (χ3n) is 7.55. The Morgan fingerprint density at radius 1 is 1.21 bits per heavy atom. The van der Waals surface area contributed by atoms with Crippen molar-refractivity contribution >= 4 is 0 Å². The van der Waals surface area contributed by atoms with E-state index in [1.54, 1.807) is 0 Å². The number of nitrogens with two attached hydrogens (primary N) is 1. The van der Waals surface area contributed by atoms with Crippen molar-refractivity contribution in [3.8, 4) is 11.8 Å². The SMILES string of the molecule is CO[C@@H]1CC[C@@]2(C)[C@@H](C1)C[C@@H](N1CCC[C@@H](N)C1)[C@@H]2Oc1ccc(C#N)cc1. The lowest BCUT2D eigenvalue weighted by atomic mass is 9.67. The van der Waals surface area contributed by atoms with Crippen molar-refractivity contribution in [3.63, 3.8) is 0 Å². The lowest BCUT2D eigenvalue weighted by Crippen LogP contribution is -2.54. The number of piperidine rings is 1. The Hall–Kier alpha value is -1.61. The summed E-state index contributed by atoms with van der Waals surface area (Å²) in [6, 6.07) is 10.4.